The number of benzene rings is 7. The van der Waals surface area contributed by atoms with E-state index in [4.69, 9.17) is 0 Å². The quantitative estimate of drug-likeness (QED) is 0.165. The maximum absolute atomic E-state index is 2.59. The highest BCUT2D eigenvalue weighted by Crippen LogP contribution is 2.48. The molecule has 2 heterocycles. The van der Waals surface area contributed by atoms with Crippen LogP contribution in [0.2, 0.25) is 0 Å². The lowest BCUT2D eigenvalue weighted by atomic mass is 9.33. The fraction of sp³-hybridized carbons (Fsp3) is 0.286. The minimum Gasteiger partial charge on any atom is -0.311 e. The molecule has 0 bridgehead atoms. The van der Waals surface area contributed by atoms with E-state index in [9.17, 15) is 0 Å². The number of nitrogens with zero attached hydrogens (tertiary/aromatic N) is 2. The fourth-order valence-corrected chi connectivity index (χ4v) is 9.31. The Balaban J connectivity index is 1.37. The van der Waals surface area contributed by atoms with Crippen molar-refractivity contribution in [3.8, 4) is 11.1 Å². The van der Waals surface area contributed by atoms with Gasteiger partial charge in [-0.05, 0) is 131 Å². The Morgan fingerprint density at radius 2 is 0.831 bits per heavy atom. The number of fused-ring (bicyclic) bond motifs is 5. The average molecular weight is 771 g/mol. The molecule has 0 amide bonds. The van der Waals surface area contributed by atoms with Crippen LogP contribution in [0.4, 0.5) is 34.1 Å². The molecule has 0 radical (unpaired) electrons. The van der Waals surface area contributed by atoms with Gasteiger partial charge in [0.05, 0.1) is 5.69 Å². The molecule has 0 aliphatic carbocycles. The molecule has 0 spiro atoms. The van der Waals surface area contributed by atoms with Gasteiger partial charge >= 0.3 is 0 Å². The van der Waals surface area contributed by atoms with Gasteiger partial charge in [-0.2, -0.15) is 0 Å². The zero-order chi connectivity index (χ0) is 41.8. The normalized spacial score (nSPS) is 14.0. The van der Waals surface area contributed by atoms with Crippen molar-refractivity contribution in [2.75, 3.05) is 9.80 Å². The first-order valence-corrected chi connectivity index (χ1v) is 21.6. The molecule has 59 heavy (non-hydrogen) atoms. The SMILES string of the molecule is CC(C)(C)c1ccc(N2c3ccc(C(C)(C)C)cc3B3c4cc(C(C)(C)C)ccc4N(c4ccc(C(C)(C)C)cc4-c4ccc5ccccc5c4)c4cccc2c43)cc1. The molecule has 0 unspecified atom stereocenters. The lowest BCUT2D eigenvalue weighted by Crippen LogP contribution is -2.61. The molecule has 0 aromatic heterocycles. The third kappa shape index (κ3) is 6.68. The molecule has 3 heteroatoms. The van der Waals surface area contributed by atoms with Crippen LogP contribution in [0.3, 0.4) is 0 Å². The van der Waals surface area contributed by atoms with Crippen LogP contribution in [-0.4, -0.2) is 6.71 Å². The van der Waals surface area contributed by atoms with Crippen molar-refractivity contribution in [2.24, 2.45) is 0 Å². The molecule has 0 fully saturated rings. The van der Waals surface area contributed by atoms with Crippen LogP contribution in [0.5, 0.6) is 0 Å². The number of hydrogen-bond donors (Lipinski definition) is 0. The first-order chi connectivity index (χ1) is 27.8. The summed E-state index contributed by atoms with van der Waals surface area (Å²) in [5.41, 5.74) is 19.3. The molecule has 0 saturated carbocycles. The summed E-state index contributed by atoms with van der Waals surface area (Å²) in [6.45, 7) is 27.9. The Morgan fingerprint density at radius 1 is 0.356 bits per heavy atom. The average Bonchev–Trinajstić information content (AvgIpc) is 3.18. The molecule has 2 nitrogen and oxygen atoms in total. The van der Waals surface area contributed by atoms with E-state index in [1.54, 1.807) is 0 Å². The largest absolute Gasteiger partial charge is 0.311 e. The van der Waals surface area contributed by atoms with E-state index in [2.05, 4.69) is 232 Å². The van der Waals surface area contributed by atoms with Gasteiger partial charge in [0.15, 0.2) is 0 Å². The Bertz CT molecular complexity index is 2760. The van der Waals surface area contributed by atoms with Gasteiger partial charge in [0.2, 0.25) is 0 Å². The molecular formula is C56H59BN2. The summed E-state index contributed by atoms with van der Waals surface area (Å²) in [5, 5.41) is 2.51. The van der Waals surface area contributed by atoms with E-state index in [-0.39, 0.29) is 28.4 Å². The Labute approximate surface area is 354 Å². The molecule has 0 atom stereocenters. The van der Waals surface area contributed by atoms with Gasteiger partial charge in [-0.15, -0.1) is 0 Å². The standard InChI is InChI=1S/C56H59BN2/c1-53(2,3)39-22-27-43(28-23-39)58-48-30-25-41(55(7,8)9)34-45(48)57-46-35-42(56(10,11)12)26-31-49(46)59(51-19-15-18-50(58)52(51)57)47-29-24-40(54(4,5)6)33-44(47)38-21-20-36-16-13-14-17-37(36)32-38/h13-35H,1-12H3. The Kier molecular flexibility index (Phi) is 8.91. The van der Waals surface area contributed by atoms with Crippen molar-refractivity contribution in [3.05, 3.63) is 162 Å². The van der Waals surface area contributed by atoms with Crippen LogP contribution in [0.25, 0.3) is 21.9 Å². The summed E-state index contributed by atoms with van der Waals surface area (Å²) in [5.74, 6) is 0. The van der Waals surface area contributed by atoms with Crippen molar-refractivity contribution < 1.29 is 0 Å². The number of rotatable bonds is 3. The summed E-state index contributed by atoms with van der Waals surface area (Å²) in [4.78, 5) is 5.13. The van der Waals surface area contributed by atoms with Gasteiger partial charge < -0.3 is 9.80 Å². The van der Waals surface area contributed by atoms with E-state index in [0.717, 1.165) is 0 Å². The molecule has 9 rings (SSSR count). The van der Waals surface area contributed by atoms with Crippen molar-refractivity contribution in [3.63, 3.8) is 0 Å². The Hall–Kier alpha value is -5.54. The maximum atomic E-state index is 2.59. The Morgan fingerprint density at radius 3 is 1.39 bits per heavy atom. The second-order valence-corrected chi connectivity index (χ2v) is 21.2. The van der Waals surface area contributed by atoms with Gasteiger partial charge in [-0.25, -0.2) is 0 Å². The smallest absolute Gasteiger partial charge is 0.252 e. The van der Waals surface area contributed by atoms with Crippen LogP contribution in [0, 0.1) is 0 Å². The van der Waals surface area contributed by atoms with E-state index >= 15 is 0 Å². The lowest BCUT2D eigenvalue weighted by Gasteiger charge is -2.45. The monoisotopic (exact) mass is 770 g/mol. The molecule has 2 aliphatic rings. The third-order valence-electron chi connectivity index (χ3n) is 12.9. The predicted octanol–water partition coefficient (Wildman–Crippen LogP) is 13.8. The third-order valence-corrected chi connectivity index (χ3v) is 12.9. The van der Waals surface area contributed by atoms with Crippen LogP contribution >= 0.6 is 0 Å². The molecule has 2 aliphatic heterocycles. The van der Waals surface area contributed by atoms with E-state index in [1.807, 2.05) is 0 Å². The van der Waals surface area contributed by atoms with Crippen LogP contribution < -0.4 is 26.2 Å². The minimum absolute atomic E-state index is 0.00560. The topological polar surface area (TPSA) is 6.48 Å². The summed E-state index contributed by atoms with van der Waals surface area (Å²) >= 11 is 0. The van der Waals surface area contributed by atoms with Crippen molar-refractivity contribution >= 4 is 68.0 Å². The maximum Gasteiger partial charge on any atom is 0.252 e. The molecule has 0 N–H and O–H groups in total. The van der Waals surface area contributed by atoms with Crippen LogP contribution in [0.15, 0.2) is 140 Å². The number of anilines is 6. The summed E-state index contributed by atoms with van der Waals surface area (Å²) < 4.78 is 0. The molecule has 296 valence electrons. The van der Waals surface area contributed by atoms with Gasteiger partial charge in [-0.1, -0.05) is 168 Å². The second kappa shape index (κ2) is 13.5. The van der Waals surface area contributed by atoms with Gasteiger partial charge in [0.25, 0.3) is 6.71 Å². The first kappa shape index (κ1) is 39.0. The number of hydrogen-bond acceptors (Lipinski definition) is 2. The van der Waals surface area contributed by atoms with E-state index in [1.165, 1.54) is 94.7 Å². The summed E-state index contributed by atoms with van der Waals surface area (Å²) in [7, 11) is 0. The highest BCUT2D eigenvalue weighted by molar-refractivity contribution is 7.00. The zero-order valence-electron chi connectivity index (χ0n) is 37.3. The molecule has 7 aromatic carbocycles. The van der Waals surface area contributed by atoms with Gasteiger partial charge in [0, 0.05) is 34.0 Å². The van der Waals surface area contributed by atoms with Crippen molar-refractivity contribution in [1.82, 2.24) is 0 Å². The minimum atomic E-state index is -0.0180. The summed E-state index contributed by atoms with van der Waals surface area (Å²) in [6, 6.07) is 53.8. The highest BCUT2D eigenvalue weighted by atomic mass is 15.2. The molecule has 7 aromatic rings. The fourth-order valence-electron chi connectivity index (χ4n) is 9.31. The zero-order valence-corrected chi connectivity index (χ0v) is 37.3. The lowest BCUT2D eigenvalue weighted by molar-refractivity contribution is 0.590. The highest BCUT2D eigenvalue weighted by Gasteiger charge is 2.44. The molecule has 0 saturated heterocycles. The van der Waals surface area contributed by atoms with Crippen molar-refractivity contribution in [2.45, 2.75) is 105 Å². The van der Waals surface area contributed by atoms with E-state index in [0.29, 0.717) is 0 Å². The van der Waals surface area contributed by atoms with Gasteiger partial charge in [0.1, 0.15) is 0 Å². The summed E-state index contributed by atoms with van der Waals surface area (Å²) in [6.07, 6.45) is 0. The van der Waals surface area contributed by atoms with Gasteiger partial charge in [-0.3, -0.25) is 0 Å². The van der Waals surface area contributed by atoms with Crippen LogP contribution in [0.1, 0.15) is 105 Å². The molecular weight excluding hydrogens is 711 g/mol. The van der Waals surface area contributed by atoms with Crippen LogP contribution in [-0.2, 0) is 21.7 Å². The predicted molar refractivity (Wildman–Crippen MR) is 258 cm³/mol. The van der Waals surface area contributed by atoms with Crippen molar-refractivity contribution in [1.29, 1.82) is 0 Å². The first-order valence-electron chi connectivity index (χ1n) is 21.6. The van der Waals surface area contributed by atoms with E-state index < -0.39 is 0 Å². The second-order valence-electron chi connectivity index (χ2n) is 21.2.